The zero-order valence-electron chi connectivity index (χ0n) is 12.0. The second-order valence-electron chi connectivity index (χ2n) is 5.24. The van der Waals surface area contributed by atoms with Crippen molar-refractivity contribution in [3.63, 3.8) is 0 Å². The van der Waals surface area contributed by atoms with Crippen LogP contribution in [-0.4, -0.2) is 50.1 Å². The average Bonchev–Trinajstić information content (AvgIpc) is 2.40. The van der Waals surface area contributed by atoms with Gasteiger partial charge >= 0.3 is 11.9 Å². The molecule has 1 aliphatic heterocycles. The number of hydrogen-bond acceptors (Lipinski definition) is 6. The molecule has 0 N–H and O–H groups in total. The highest BCUT2D eigenvalue weighted by atomic mass is 16.6. The van der Waals surface area contributed by atoms with Gasteiger partial charge in [-0.25, -0.2) is 0 Å². The summed E-state index contributed by atoms with van der Waals surface area (Å²) in [6.45, 7) is 6.69. The molecule has 0 aliphatic carbocycles. The van der Waals surface area contributed by atoms with Crippen LogP contribution in [0.15, 0.2) is 0 Å². The minimum atomic E-state index is -0.666. The number of hydrogen-bond donors (Lipinski definition) is 0. The highest BCUT2D eigenvalue weighted by molar-refractivity contribution is 5.91. The van der Waals surface area contributed by atoms with Crippen LogP contribution in [0, 0.1) is 0 Å². The Bertz CT molecular complexity index is 330. The highest BCUT2D eigenvalue weighted by Gasteiger charge is 2.39. The van der Waals surface area contributed by atoms with Crippen LogP contribution in [0.2, 0.25) is 0 Å². The molecule has 110 valence electrons. The zero-order valence-corrected chi connectivity index (χ0v) is 12.0. The number of ether oxygens (including phenoxy) is 4. The average molecular weight is 274 g/mol. The molecule has 2 atom stereocenters. The fourth-order valence-corrected chi connectivity index (χ4v) is 1.50. The number of rotatable bonds is 5. The Labute approximate surface area is 113 Å². The van der Waals surface area contributed by atoms with E-state index < -0.39 is 17.5 Å². The summed E-state index contributed by atoms with van der Waals surface area (Å²) >= 11 is 0. The maximum atomic E-state index is 11.4. The summed E-state index contributed by atoms with van der Waals surface area (Å²) in [4.78, 5) is 22.3. The van der Waals surface area contributed by atoms with E-state index in [-0.39, 0.29) is 18.6 Å². The summed E-state index contributed by atoms with van der Waals surface area (Å²) in [7, 11) is 1.22. The zero-order chi connectivity index (χ0) is 14.5. The Morgan fingerprint density at radius 2 is 1.68 bits per heavy atom. The molecule has 19 heavy (non-hydrogen) atoms. The molecule has 1 saturated heterocycles. The van der Waals surface area contributed by atoms with Gasteiger partial charge in [0, 0.05) is 0 Å². The lowest BCUT2D eigenvalue weighted by Crippen LogP contribution is -2.52. The molecule has 1 aliphatic rings. The minimum absolute atomic E-state index is 0.0582. The van der Waals surface area contributed by atoms with E-state index in [1.165, 1.54) is 7.11 Å². The standard InChI is InChI=1S/C13H22O6/c1-5-12(2)8-19-13(3,9-18-12)7-17-11(15)6-10(14)16-4/h5-9H2,1-4H3. The molecule has 1 heterocycles. The Morgan fingerprint density at radius 1 is 1.11 bits per heavy atom. The third-order valence-corrected chi connectivity index (χ3v) is 3.25. The van der Waals surface area contributed by atoms with Crippen molar-refractivity contribution in [3.8, 4) is 0 Å². The van der Waals surface area contributed by atoms with Gasteiger partial charge in [-0.15, -0.1) is 0 Å². The van der Waals surface area contributed by atoms with Crippen molar-refractivity contribution in [2.45, 2.75) is 44.8 Å². The van der Waals surface area contributed by atoms with Crippen molar-refractivity contribution in [1.82, 2.24) is 0 Å². The summed E-state index contributed by atoms with van der Waals surface area (Å²) in [6.07, 6.45) is 0.464. The first-order chi connectivity index (χ1) is 8.82. The molecule has 0 saturated carbocycles. The van der Waals surface area contributed by atoms with Crippen LogP contribution < -0.4 is 0 Å². The largest absolute Gasteiger partial charge is 0.469 e. The molecular weight excluding hydrogens is 252 g/mol. The van der Waals surface area contributed by atoms with Crippen LogP contribution in [0.3, 0.4) is 0 Å². The Kier molecular flexibility index (Phi) is 5.31. The van der Waals surface area contributed by atoms with E-state index >= 15 is 0 Å². The van der Waals surface area contributed by atoms with Gasteiger partial charge in [0.2, 0.25) is 0 Å². The molecule has 0 bridgehead atoms. The molecule has 6 nitrogen and oxygen atoms in total. The number of esters is 2. The third-order valence-electron chi connectivity index (χ3n) is 3.25. The predicted octanol–water partition coefficient (Wildman–Crippen LogP) is 1.07. The fourth-order valence-electron chi connectivity index (χ4n) is 1.50. The summed E-state index contributed by atoms with van der Waals surface area (Å²) in [5.74, 6) is -1.24. The van der Waals surface area contributed by atoms with E-state index in [1.54, 1.807) is 0 Å². The third kappa shape index (κ3) is 4.80. The first-order valence-electron chi connectivity index (χ1n) is 6.33. The summed E-state index contributed by atoms with van der Waals surface area (Å²) in [6, 6.07) is 0. The second-order valence-corrected chi connectivity index (χ2v) is 5.24. The maximum absolute atomic E-state index is 11.4. The van der Waals surface area contributed by atoms with E-state index in [1.807, 2.05) is 20.8 Å². The molecule has 1 rings (SSSR count). The van der Waals surface area contributed by atoms with Crippen LogP contribution in [-0.2, 0) is 28.5 Å². The summed E-state index contributed by atoms with van der Waals surface area (Å²) in [5, 5.41) is 0. The second kappa shape index (κ2) is 6.34. The van der Waals surface area contributed by atoms with Crippen molar-refractivity contribution in [1.29, 1.82) is 0 Å². The molecule has 0 spiro atoms. The topological polar surface area (TPSA) is 71.1 Å². The normalized spacial score (nSPS) is 30.7. The Balaban J connectivity index is 2.37. The van der Waals surface area contributed by atoms with Crippen LogP contribution in [0.1, 0.15) is 33.6 Å². The Morgan fingerprint density at radius 3 is 2.16 bits per heavy atom. The molecule has 2 unspecified atom stereocenters. The van der Waals surface area contributed by atoms with Crippen LogP contribution in [0.5, 0.6) is 0 Å². The van der Waals surface area contributed by atoms with E-state index in [9.17, 15) is 9.59 Å². The molecule has 0 aromatic rings. The molecule has 0 aromatic carbocycles. The lowest BCUT2D eigenvalue weighted by molar-refractivity contribution is -0.237. The van der Waals surface area contributed by atoms with E-state index in [0.717, 1.165) is 6.42 Å². The van der Waals surface area contributed by atoms with Gasteiger partial charge in [0.25, 0.3) is 0 Å². The van der Waals surface area contributed by atoms with Gasteiger partial charge in [-0.1, -0.05) is 6.92 Å². The molecule has 1 fully saturated rings. The molecule has 0 aromatic heterocycles. The van der Waals surface area contributed by atoms with Gasteiger partial charge in [-0.2, -0.15) is 0 Å². The van der Waals surface area contributed by atoms with Crippen LogP contribution in [0.4, 0.5) is 0 Å². The van der Waals surface area contributed by atoms with Gasteiger partial charge in [0.15, 0.2) is 0 Å². The molecule has 6 heteroatoms. The summed E-state index contributed by atoms with van der Waals surface area (Å²) < 4.78 is 20.9. The first kappa shape index (κ1) is 15.9. The van der Waals surface area contributed by atoms with Crippen molar-refractivity contribution in [2.75, 3.05) is 26.9 Å². The van der Waals surface area contributed by atoms with Gasteiger partial charge in [-0.05, 0) is 20.3 Å². The van der Waals surface area contributed by atoms with E-state index in [0.29, 0.717) is 13.2 Å². The minimum Gasteiger partial charge on any atom is -0.469 e. The molecule has 0 radical (unpaired) electrons. The Hall–Kier alpha value is -1.14. The van der Waals surface area contributed by atoms with Crippen molar-refractivity contribution in [2.24, 2.45) is 0 Å². The molecule has 0 amide bonds. The summed E-state index contributed by atoms with van der Waals surface area (Å²) in [5.41, 5.74) is -0.948. The predicted molar refractivity (Wildman–Crippen MR) is 66.6 cm³/mol. The van der Waals surface area contributed by atoms with E-state index in [4.69, 9.17) is 14.2 Å². The fraction of sp³-hybridized carbons (Fsp3) is 0.846. The van der Waals surface area contributed by atoms with Crippen molar-refractivity contribution < 1.29 is 28.5 Å². The van der Waals surface area contributed by atoms with Crippen molar-refractivity contribution in [3.05, 3.63) is 0 Å². The maximum Gasteiger partial charge on any atom is 0.317 e. The van der Waals surface area contributed by atoms with Crippen LogP contribution in [0.25, 0.3) is 0 Å². The quantitative estimate of drug-likeness (QED) is 0.551. The number of methoxy groups -OCH3 is 1. The lowest BCUT2D eigenvalue weighted by Gasteiger charge is -2.42. The van der Waals surface area contributed by atoms with Gasteiger partial charge < -0.3 is 18.9 Å². The lowest BCUT2D eigenvalue weighted by atomic mass is 10.00. The highest BCUT2D eigenvalue weighted by Crippen LogP contribution is 2.27. The number of carbonyl (C=O) groups excluding carboxylic acids is 2. The van der Waals surface area contributed by atoms with Gasteiger partial charge in [-0.3, -0.25) is 9.59 Å². The SMILES string of the molecule is CCC1(C)COC(C)(COC(=O)CC(=O)OC)CO1. The van der Waals surface area contributed by atoms with E-state index in [2.05, 4.69) is 4.74 Å². The first-order valence-corrected chi connectivity index (χ1v) is 6.33. The van der Waals surface area contributed by atoms with Crippen molar-refractivity contribution >= 4 is 11.9 Å². The van der Waals surface area contributed by atoms with Gasteiger partial charge in [0.05, 0.1) is 25.9 Å². The van der Waals surface area contributed by atoms with Gasteiger partial charge in [0.1, 0.15) is 18.6 Å². The van der Waals surface area contributed by atoms with Crippen LogP contribution >= 0.6 is 0 Å². The smallest absolute Gasteiger partial charge is 0.317 e. The monoisotopic (exact) mass is 274 g/mol. The molecular formula is C13H22O6. The number of carbonyl (C=O) groups is 2.